The first-order chi connectivity index (χ1) is 15.8. The van der Waals surface area contributed by atoms with Crippen molar-refractivity contribution in [2.75, 3.05) is 18.6 Å². The first-order valence-corrected chi connectivity index (χ1v) is 10.1. The summed E-state index contributed by atoms with van der Waals surface area (Å²) in [7, 11) is 1.50. The molecular formula is C22H16ClFN6O3. The number of nitriles is 1. The number of likely N-dealkylation sites (N-methyl/N-ethyl adjacent to an activating group) is 1. The van der Waals surface area contributed by atoms with Crippen molar-refractivity contribution >= 4 is 29.2 Å². The van der Waals surface area contributed by atoms with Gasteiger partial charge in [-0.2, -0.15) is 5.26 Å². The van der Waals surface area contributed by atoms with Gasteiger partial charge in [-0.15, -0.1) is 0 Å². The molecule has 1 aromatic carbocycles. The molecule has 33 heavy (non-hydrogen) atoms. The monoisotopic (exact) mass is 466 g/mol. The third kappa shape index (κ3) is 4.31. The fourth-order valence-electron chi connectivity index (χ4n) is 3.28. The van der Waals surface area contributed by atoms with E-state index in [4.69, 9.17) is 21.6 Å². The lowest BCUT2D eigenvalue weighted by Gasteiger charge is -2.19. The molecule has 4 rings (SSSR count). The maximum absolute atomic E-state index is 14.5. The van der Waals surface area contributed by atoms with Crippen LogP contribution in [0.3, 0.4) is 0 Å². The third-order valence-electron chi connectivity index (χ3n) is 4.98. The number of carbonyl (C=O) groups is 2. The van der Waals surface area contributed by atoms with Gasteiger partial charge in [0.05, 0.1) is 22.3 Å². The van der Waals surface area contributed by atoms with E-state index >= 15 is 0 Å². The number of benzene rings is 1. The zero-order chi connectivity index (χ0) is 23.7. The van der Waals surface area contributed by atoms with Gasteiger partial charge in [0.15, 0.2) is 11.6 Å². The highest BCUT2D eigenvalue weighted by Gasteiger charge is 2.32. The van der Waals surface area contributed by atoms with Gasteiger partial charge in [0, 0.05) is 31.1 Å². The van der Waals surface area contributed by atoms with Crippen LogP contribution < -0.4 is 15.0 Å². The van der Waals surface area contributed by atoms with Crippen LogP contribution in [0.4, 0.5) is 10.2 Å². The standard InChI is InChI=1S/C22H16ClFN6O3/c1-11-8-26-19(29-18(11)14-4-3-12(7-25)5-15(14)24)21(31)28-16-10-33-17-6-13(23)9-27-20(17)30(2)22(16)32/h3-6,8-9,16H,10H2,1-2H3,(H,28,31). The number of carbonyl (C=O) groups excluding carboxylic acids is 2. The Morgan fingerprint density at radius 1 is 1.33 bits per heavy atom. The zero-order valence-corrected chi connectivity index (χ0v) is 18.2. The Balaban J connectivity index is 1.59. The van der Waals surface area contributed by atoms with Crippen LogP contribution in [0.2, 0.25) is 5.02 Å². The molecule has 0 spiro atoms. The van der Waals surface area contributed by atoms with E-state index in [-0.39, 0.29) is 35.1 Å². The van der Waals surface area contributed by atoms with E-state index in [9.17, 15) is 14.0 Å². The van der Waals surface area contributed by atoms with Gasteiger partial charge in [0.1, 0.15) is 18.5 Å². The number of hydrogen-bond acceptors (Lipinski definition) is 7. The molecule has 0 aliphatic carbocycles. The number of nitrogens with zero attached hydrogens (tertiary/aromatic N) is 5. The van der Waals surface area contributed by atoms with Gasteiger partial charge in [-0.3, -0.25) is 14.5 Å². The van der Waals surface area contributed by atoms with E-state index in [1.165, 1.54) is 42.5 Å². The first kappa shape index (κ1) is 22.1. The number of amides is 2. The number of fused-ring (bicyclic) bond motifs is 1. The summed E-state index contributed by atoms with van der Waals surface area (Å²) < 4.78 is 20.1. The Bertz CT molecular complexity index is 1330. The van der Waals surface area contributed by atoms with Gasteiger partial charge >= 0.3 is 0 Å². The van der Waals surface area contributed by atoms with Crippen molar-refractivity contribution in [1.29, 1.82) is 5.26 Å². The summed E-state index contributed by atoms with van der Waals surface area (Å²) >= 11 is 5.95. The molecular weight excluding hydrogens is 451 g/mol. The van der Waals surface area contributed by atoms with Crippen LogP contribution in [0, 0.1) is 24.1 Å². The number of rotatable bonds is 3. The molecule has 3 aromatic rings. The minimum absolute atomic E-state index is 0.120. The number of aryl methyl sites for hydroxylation is 1. The maximum atomic E-state index is 14.5. The summed E-state index contributed by atoms with van der Waals surface area (Å²) in [6.07, 6.45) is 2.77. The van der Waals surface area contributed by atoms with Crippen LogP contribution in [0.1, 0.15) is 21.7 Å². The smallest absolute Gasteiger partial charge is 0.289 e. The van der Waals surface area contributed by atoms with E-state index in [0.29, 0.717) is 16.3 Å². The summed E-state index contributed by atoms with van der Waals surface area (Å²) in [5.74, 6) is -1.52. The number of aromatic nitrogens is 3. The molecule has 166 valence electrons. The van der Waals surface area contributed by atoms with Gasteiger partial charge < -0.3 is 10.1 Å². The topological polar surface area (TPSA) is 121 Å². The molecule has 1 N–H and O–H groups in total. The summed E-state index contributed by atoms with van der Waals surface area (Å²) in [4.78, 5) is 39.3. The van der Waals surface area contributed by atoms with Crippen molar-refractivity contribution in [2.45, 2.75) is 13.0 Å². The summed E-state index contributed by atoms with van der Waals surface area (Å²) in [5.41, 5.74) is 1.01. The SMILES string of the molecule is Cc1cnc(C(=O)NC2COc3cc(Cl)cnc3N(C)C2=O)nc1-c1ccc(C#N)cc1F. The lowest BCUT2D eigenvalue weighted by atomic mass is 10.1. The summed E-state index contributed by atoms with van der Waals surface area (Å²) in [6.45, 7) is 1.51. The zero-order valence-electron chi connectivity index (χ0n) is 17.5. The van der Waals surface area contributed by atoms with Gasteiger partial charge in [-0.1, -0.05) is 11.6 Å². The van der Waals surface area contributed by atoms with Crippen LogP contribution in [0.5, 0.6) is 5.75 Å². The molecule has 1 atom stereocenters. The number of hydrogen-bond donors (Lipinski definition) is 1. The second kappa shape index (κ2) is 8.80. The van der Waals surface area contributed by atoms with Crippen LogP contribution in [0.15, 0.2) is 36.7 Å². The summed E-state index contributed by atoms with van der Waals surface area (Å²) in [6, 6.07) is 6.30. The molecule has 1 aliphatic rings. The molecule has 0 fully saturated rings. The van der Waals surface area contributed by atoms with Crippen LogP contribution in [-0.2, 0) is 4.79 Å². The average Bonchev–Trinajstić information content (AvgIpc) is 2.91. The summed E-state index contributed by atoms with van der Waals surface area (Å²) in [5, 5.41) is 11.8. The predicted octanol–water partition coefficient (Wildman–Crippen LogP) is 2.67. The maximum Gasteiger partial charge on any atom is 0.289 e. The number of nitrogens with one attached hydrogen (secondary N) is 1. The van der Waals surface area contributed by atoms with Crippen molar-refractivity contribution in [1.82, 2.24) is 20.3 Å². The van der Waals surface area contributed by atoms with Crippen molar-refractivity contribution in [2.24, 2.45) is 0 Å². The van der Waals surface area contributed by atoms with E-state index < -0.39 is 23.7 Å². The van der Waals surface area contributed by atoms with Gasteiger partial charge in [0.2, 0.25) is 5.82 Å². The largest absolute Gasteiger partial charge is 0.487 e. The number of pyridine rings is 1. The Hall–Kier alpha value is -4.10. The average molecular weight is 467 g/mol. The van der Waals surface area contributed by atoms with Crippen LogP contribution in [-0.4, -0.2) is 46.5 Å². The quantitative estimate of drug-likeness (QED) is 0.629. The lowest BCUT2D eigenvalue weighted by molar-refractivity contribution is -0.120. The van der Waals surface area contributed by atoms with Crippen LogP contribution in [0.25, 0.3) is 11.3 Å². The predicted molar refractivity (Wildman–Crippen MR) is 116 cm³/mol. The van der Waals surface area contributed by atoms with Crippen molar-refractivity contribution < 1.29 is 18.7 Å². The molecule has 1 aliphatic heterocycles. The van der Waals surface area contributed by atoms with E-state index in [1.807, 2.05) is 6.07 Å². The molecule has 0 bridgehead atoms. The second-order valence-electron chi connectivity index (χ2n) is 7.24. The number of anilines is 1. The minimum Gasteiger partial charge on any atom is -0.487 e. The molecule has 0 saturated carbocycles. The van der Waals surface area contributed by atoms with Gasteiger partial charge in [-0.05, 0) is 30.7 Å². The fourth-order valence-corrected chi connectivity index (χ4v) is 3.43. The Kier molecular flexibility index (Phi) is 5.89. The number of halogens is 2. The lowest BCUT2D eigenvalue weighted by Crippen LogP contribution is -2.49. The molecule has 11 heteroatoms. The Morgan fingerprint density at radius 3 is 2.85 bits per heavy atom. The normalized spacial score (nSPS) is 15.2. The molecule has 1 unspecified atom stereocenters. The van der Waals surface area contributed by atoms with Crippen molar-refractivity contribution in [3.63, 3.8) is 0 Å². The molecule has 9 nitrogen and oxygen atoms in total. The minimum atomic E-state index is -1.05. The molecule has 3 heterocycles. The van der Waals surface area contributed by atoms with Crippen molar-refractivity contribution in [3.8, 4) is 23.1 Å². The van der Waals surface area contributed by atoms with E-state index in [2.05, 4.69) is 20.3 Å². The van der Waals surface area contributed by atoms with E-state index in [0.717, 1.165) is 6.07 Å². The van der Waals surface area contributed by atoms with Crippen LogP contribution >= 0.6 is 11.6 Å². The molecule has 2 amide bonds. The molecule has 0 radical (unpaired) electrons. The third-order valence-corrected chi connectivity index (χ3v) is 5.19. The Morgan fingerprint density at radius 2 is 2.12 bits per heavy atom. The highest BCUT2D eigenvalue weighted by molar-refractivity contribution is 6.30. The molecule has 0 saturated heterocycles. The fraction of sp³-hybridized carbons (Fsp3) is 0.182. The Labute approximate surface area is 192 Å². The van der Waals surface area contributed by atoms with Gasteiger partial charge in [-0.25, -0.2) is 19.3 Å². The number of ether oxygens (including phenoxy) is 1. The first-order valence-electron chi connectivity index (χ1n) is 9.69. The highest BCUT2D eigenvalue weighted by atomic mass is 35.5. The van der Waals surface area contributed by atoms with Gasteiger partial charge in [0.25, 0.3) is 11.8 Å². The van der Waals surface area contributed by atoms with E-state index in [1.54, 1.807) is 6.92 Å². The molecule has 2 aromatic heterocycles. The second-order valence-corrected chi connectivity index (χ2v) is 7.68. The van der Waals surface area contributed by atoms with Crippen molar-refractivity contribution in [3.05, 3.63) is 64.5 Å². The highest BCUT2D eigenvalue weighted by Crippen LogP contribution is 2.30.